The number of nitrogens with one attached hydrogen (secondary N) is 2. The predicted octanol–water partition coefficient (Wildman–Crippen LogP) is 2.26. The first-order valence-electron chi connectivity index (χ1n) is 9.47. The molecule has 0 radical (unpaired) electrons. The SMILES string of the molecule is CCNC(=NCCCN1CCN(c2ccccc2F)CC1)NCCSC. The Labute approximate surface area is 161 Å². The molecule has 2 N–H and O–H groups in total. The van der Waals surface area contributed by atoms with Gasteiger partial charge in [-0.3, -0.25) is 9.89 Å². The van der Waals surface area contributed by atoms with E-state index >= 15 is 0 Å². The van der Waals surface area contributed by atoms with Crippen LogP contribution in [0.1, 0.15) is 13.3 Å². The Kier molecular flexibility index (Phi) is 9.63. The van der Waals surface area contributed by atoms with Crippen LogP contribution in [0.5, 0.6) is 0 Å². The van der Waals surface area contributed by atoms with Gasteiger partial charge in [0.15, 0.2) is 5.96 Å². The summed E-state index contributed by atoms with van der Waals surface area (Å²) in [6, 6.07) is 7.05. The van der Waals surface area contributed by atoms with E-state index in [2.05, 4.69) is 38.6 Å². The number of para-hydroxylation sites is 1. The predicted molar refractivity (Wildman–Crippen MR) is 112 cm³/mol. The number of anilines is 1. The van der Waals surface area contributed by atoms with Crippen molar-refractivity contribution < 1.29 is 4.39 Å². The summed E-state index contributed by atoms with van der Waals surface area (Å²) in [5.41, 5.74) is 0.725. The first-order valence-corrected chi connectivity index (χ1v) is 10.9. The average molecular weight is 382 g/mol. The van der Waals surface area contributed by atoms with Crippen molar-refractivity contribution in [1.82, 2.24) is 15.5 Å². The number of nitrogens with zero attached hydrogens (tertiary/aromatic N) is 3. The van der Waals surface area contributed by atoms with Crippen LogP contribution in [0.3, 0.4) is 0 Å². The normalized spacial score (nSPS) is 16.0. The van der Waals surface area contributed by atoms with Crippen molar-refractivity contribution in [3.63, 3.8) is 0 Å². The van der Waals surface area contributed by atoms with Gasteiger partial charge in [0.05, 0.1) is 5.69 Å². The molecule has 1 saturated heterocycles. The zero-order valence-corrected chi connectivity index (χ0v) is 16.8. The Balaban J connectivity index is 1.67. The Hall–Kier alpha value is -1.47. The van der Waals surface area contributed by atoms with Gasteiger partial charge < -0.3 is 15.5 Å². The van der Waals surface area contributed by atoms with Gasteiger partial charge in [-0.25, -0.2) is 4.39 Å². The van der Waals surface area contributed by atoms with Crippen LogP contribution in [-0.2, 0) is 0 Å². The van der Waals surface area contributed by atoms with Crippen LogP contribution in [0.25, 0.3) is 0 Å². The summed E-state index contributed by atoms with van der Waals surface area (Å²) in [4.78, 5) is 9.23. The van der Waals surface area contributed by atoms with E-state index in [1.54, 1.807) is 6.07 Å². The van der Waals surface area contributed by atoms with E-state index in [1.165, 1.54) is 6.07 Å². The Morgan fingerprint density at radius 3 is 2.65 bits per heavy atom. The van der Waals surface area contributed by atoms with Crippen molar-refractivity contribution in [1.29, 1.82) is 0 Å². The molecule has 146 valence electrons. The van der Waals surface area contributed by atoms with E-state index in [0.29, 0.717) is 0 Å². The van der Waals surface area contributed by atoms with Gasteiger partial charge in [-0.1, -0.05) is 12.1 Å². The third-order valence-corrected chi connectivity index (χ3v) is 5.02. The fraction of sp³-hybridized carbons (Fsp3) is 0.632. The zero-order chi connectivity index (χ0) is 18.6. The quantitative estimate of drug-likeness (QED) is 0.390. The molecule has 1 aliphatic rings. The highest BCUT2D eigenvalue weighted by Gasteiger charge is 2.18. The third-order valence-electron chi connectivity index (χ3n) is 4.41. The second-order valence-corrected chi connectivity index (χ2v) is 7.30. The first kappa shape index (κ1) is 20.8. The van der Waals surface area contributed by atoms with Gasteiger partial charge in [0.25, 0.3) is 0 Å². The standard InChI is InChI=1S/C19H32FN5S/c1-3-21-19(23-10-16-26-2)22-9-6-11-24-12-14-25(15-13-24)18-8-5-4-7-17(18)20/h4-5,7-8H,3,6,9-16H2,1-2H3,(H2,21,22,23). The van der Waals surface area contributed by atoms with Gasteiger partial charge in [-0.15, -0.1) is 0 Å². The monoisotopic (exact) mass is 381 g/mol. The molecule has 0 amide bonds. The number of guanidine groups is 1. The molecule has 1 aromatic rings. The lowest BCUT2D eigenvalue weighted by Crippen LogP contribution is -2.47. The van der Waals surface area contributed by atoms with E-state index in [9.17, 15) is 4.39 Å². The number of halogens is 1. The number of piperazine rings is 1. The summed E-state index contributed by atoms with van der Waals surface area (Å²) < 4.78 is 13.9. The molecule has 1 aromatic carbocycles. The minimum Gasteiger partial charge on any atom is -0.367 e. The maximum Gasteiger partial charge on any atom is 0.191 e. The Bertz CT molecular complexity index is 546. The van der Waals surface area contributed by atoms with Crippen LogP contribution in [-0.4, -0.2) is 75.2 Å². The van der Waals surface area contributed by atoms with Crippen molar-refractivity contribution in [2.24, 2.45) is 4.99 Å². The summed E-state index contributed by atoms with van der Waals surface area (Å²) in [5, 5.41) is 6.63. The third kappa shape index (κ3) is 7.03. The fourth-order valence-corrected chi connectivity index (χ4v) is 3.33. The summed E-state index contributed by atoms with van der Waals surface area (Å²) in [6.07, 6.45) is 3.15. The smallest absolute Gasteiger partial charge is 0.191 e. The molecule has 0 saturated carbocycles. The second kappa shape index (κ2) is 12.0. The average Bonchev–Trinajstić information content (AvgIpc) is 2.66. The molecule has 5 nitrogen and oxygen atoms in total. The van der Waals surface area contributed by atoms with Crippen LogP contribution < -0.4 is 15.5 Å². The number of rotatable bonds is 9. The molecule has 7 heteroatoms. The molecule has 0 bridgehead atoms. The molecular weight excluding hydrogens is 349 g/mol. The van der Waals surface area contributed by atoms with E-state index < -0.39 is 0 Å². The molecule has 1 fully saturated rings. The van der Waals surface area contributed by atoms with Gasteiger partial charge in [-0.05, 0) is 31.7 Å². The second-order valence-electron chi connectivity index (χ2n) is 6.31. The minimum atomic E-state index is -0.125. The van der Waals surface area contributed by atoms with Gasteiger partial charge in [-0.2, -0.15) is 11.8 Å². The van der Waals surface area contributed by atoms with E-state index in [-0.39, 0.29) is 5.82 Å². The Morgan fingerprint density at radius 2 is 1.96 bits per heavy atom. The highest BCUT2D eigenvalue weighted by Crippen LogP contribution is 2.20. The molecule has 1 heterocycles. The number of hydrogen-bond donors (Lipinski definition) is 2. The van der Waals surface area contributed by atoms with Crippen molar-refractivity contribution >= 4 is 23.4 Å². The molecule has 0 aliphatic carbocycles. The van der Waals surface area contributed by atoms with Gasteiger partial charge in [0, 0.05) is 58.1 Å². The van der Waals surface area contributed by atoms with Crippen molar-refractivity contribution in [3.8, 4) is 0 Å². The van der Waals surface area contributed by atoms with E-state index in [1.807, 2.05) is 23.9 Å². The highest BCUT2D eigenvalue weighted by molar-refractivity contribution is 7.98. The van der Waals surface area contributed by atoms with Crippen LogP contribution in [0, 0.1) is 5.82 Å². The lowest BCUT2D eigenvalue weighted by molar-refractivity contribution is 0.256. The maximum absolute atomic E-state index is 13.9. The highest BCUT2D eigenvalue weighted by atomic mass is 32.2. The molecular formula is C19H32FN5S. The first-order chi connectivity index (χ1) is 12.7. The van der Waals surface area contributed by atoms with Crippen LogP contribution >= 0.6 is 11.8 Å². The van der Waals surface area contributed by atoms with Crippen LogP contribution in [0.2, 0.25) is 0 Å². The number of aliphatic imine (C=N–C) groups is 1. The number of thioether (sulfide) groups is 1. The molecule has 0 spiro atoms. The Morgan fingerprint density at radius 1 is 1.19 bits per heavy atom. The largest absolute Gasteiger partial charge is 0.367 e. The molecule has 26 heavy (non-hydrogen) atoms. The minimum absolute atomic E-state index is 0.125. The fourth-order valence-electron chi connectivity index (χ4n) is 3.02. The van der Waals surface area contributed by atoms with Gasteiger partial charge in [0.2, 0.25) is 0 Å². The molecule has 0 aromatic heterocycles. The lowest BCUT2D eigenvalue weighted by atomic mass is 10.2. The lowest BCUT2D eigenvalue weighted by Gasteiger charge is -2.36. The van der Waals surface area contributed by atoms with Crippen molar-refractivity contribution in [3.05, 3.63) is 30.1 Å². The molecule has 0 unspecified atom stereocenters. The van der Waals surface area contributed by atoms with Gasteiger partial charge >= 0.3 is 0 Å². The molecule has 1 aliphatic heterocycles. The number of hydrogen-bond acceptors (Lipinski definition) is 4. The summed E-state index contributed by atoms with van der Waals surface area (Å²) in [6.45, 7) is 9.47. The van der Waals surface area contributed by atoms with E-state index in [4.69, 9.17) is 0 Å². The topological polar surface area (TPSA) is 42.9 Å². The molecule has 0 atom stereocenters. The van der Waals surface area contributed by atoms with Crippen molar-refractivity contribution in [2.45, 2.75) is 13.3 Å². The van der Waals surface area contributed by atoms with E-state index in [0.717, 1.165) is 76.2 Å². The number of benzene rings is 1. The molecule has 2 rings (SSSR count). The van der Waals surface area contributed by atoms with Crippen LogP contribution in [0.15, 0.2) is 29.3 Å². The van der Waals surface area contributed by atoms with Gasteiger partial charge in [0.1, 0.15) is 5.82 Å². The van der Waals surface area contributed by atoms with Crippen LogP contribution in [0.4, 0.5) is 10.1 Å². The summed E-state index contributed by atoms with van der Waals surface area (Å²) in [5.74, 6) is 1.86. The summed E-state index contributed by atoms with van der Waals surface area (Å²) in [7, 11) is 0. The van der Waals surface area contributed by atoms with Crippen molar-refractivity contribution in [2.75, 3.05) is 69.3 Å². The zero-order valence-electron chi connectivity index (χ0n) is 16.0. The maximum atomic E-state index is 13.9. The summed E-state index contributed by atoms with van der Waals surface area (Å²) >= 11 is 1.83.